The Morgan fingerprint density at radius 3 is 2.38 bits per heavy atom. The number of amides is 1. The molecule has 0 aromatic rings. The van der Waals surface area contributed by atoms with Crippen molar-refractivity contribution in [1.29, 1.82) is 0 Å². The van der Waals surface area contributed by atoms with Gasteiger partial charge in [-0.15, -0.1) is 0 Å². The van der Waals surface area contributed by atoms with Crippen LogP contribution >= 0.6 is 0 Å². The predicted molar refractivity (Wildman–Crippen MR) is 66.2 cm³/mol. The maximum absolute atomic E-state index is 11.9. The Morgan fingerprint density at radius 1 is 1.38 bits per heavy atom. The third-order valence-electron chi connectivity index (χ3n) is 3.10. The number of hydrogen-bond donors (Lipinski definition) is 1. The van der Waals surface area contributed by atoms with E-state index in [0.717, 1.165) is 6.42 Å². The Morgan fingerprint density at radius 2 is 1.94 bits per heavy atom. The molecule has 96 valence electrons. The monoisotopic (exact) mass is 230 g/mol. The Labute approximate surface area is 99.1 Å². The van der Waals surface area contributed by atoms with Gasteiger partial charge >= 0.3 is 0 Å². The maximum atomic E-state index is 11.9. The van der Waals surface area contributed by atoms with E-state index in [9.17, 15) is 4.79 Å². The molecule has 4 nitrogen and oxygen atoms in total. The highest BCUT2D eigenvalue weighted by Gasteiger charge is 2.23. The van der Waals surface area contributed by atoms with Gasteiger partial charge in [-0.25, -0.2) is 0 Å². The standard InChI is InChI=1S/C12H26N2O2/c1-9(2)10(3)14(4)12(15)11(13)7-6-8-16-5/h9-11H,6-8,13H2,1-5H3. The first-order valence-corrected chi connectivity index (χ1v) is 5.93. The number of carbonyl (C=O) groups is 1. The number of rotatable bonds is 7. The summed E-state index contributed by atoms with van der Waals surface area (Å²) in [5, 5.41) is 0. The average Bonchev–Trinajstić information content (AvgIpc) is 2.26. The lowest BCUT2D eigenvalue weighted by Crippen LogP contribution is -2.47. The van der Waals surface area contributed by atoms with Crippen molar-refractivity contribution in [2.24, 2.45) is 11.7 Å². The van der Waals surface area contributed by atoms with E-state index < -0.39 is 6.04 Å². The summed E-state index contributed by atoms with van der Waals surface area (Å²) in [6.07, 6.45) is 1.51. The Balaban J connectivity index is 4.11. The minimum Gasteiger partial charge on any atom is -0.385 e. The zero-order chi connectivity index (χ0) is 12.7. The van der Waals surface area contributed by atoms with Gasteiger partial charge in [0.15, 0.2) is 0 Å². The molecule has 0 aromatic carbocycles. The SMILES string of the molecule is COCCCC(N)C(=O)N(C)C(C)C(C)C. The molecule has 4 heteroatoms. The summed E-state index contributed by atoms with van der Waals surface area (Å²) in [4.78, 5) is 13.7. The second-order valence-electron chi connectivity index (χ2n) is 4.68. The van der Waals surface area contributed by atoms with Gasteiger partial charge < -0.3 is 15.4 Å². The molecule has 0 aliphatic heterocycles. The molecule has 1 amide bonds. The van der Waals surface area contributed by atoms with Crippen LogP contribution in [0.4, 0.5) is 0 Å². The molecule has 0 spiro atoms. The number of carbonyl (C=O) groups excluding carboxylic acids is 1. The Bertz CT molecular complexity index is 207. The van der Waals surface area contributed by atoms with Crippen LogP contribution in [0.15, 0.2) is 0 Å². The van der Waals surface area contributed by atoms with Crippen LogP contribution in [-0.4, -0.2) is 43.7 Å². The molecule has 0 aliphatic carbocycles. The summed E-state index contributed by atoms with van der Waals surface area (Å²) < 4.78 is 4.94. The van der Waals surface area contributed by atoms with E-state index in [1.165, 1.54) is 0 Å². The van der Waals surface area contributed by atoms with E-state index in [1.807, 2.05) is 14.0 Å². The van der Waals surface area contributed by atoms with Crippen LogP contribution in [0, 0.1) is 5.92 Å². The summed E-state index contributed by atoms with van der Waals surface area (Å²) in [5.41, 5.74) is 5.85. The van der Waals surface area contributed by atoms with Crippen molar-refractivity contribution < 1.29 is 9.53 Å². The molecule has 2 N–H and O–H groups in total. The molecule has 2 unspecified atom stereocenters. The predicted octanol–water partition coefficient (Wildman–Crippen LogP) is 1.24. The highest BCUT2D eigenvalue weighted by molar-refractivity contribution is 5.81. The van der Waals surface area contributed by atoms with Gasteiger partial charge in [0.1, 0.15) is 0 Å². The molecular weight excluding hydrogens is 204 g/mol. The van der Waals surface area contributed by atoms with Crippen molar-refractivity contribution in [3.63, 3.8) is 0 Å². The third-order valence-corrected chi connectivity index (χ3v) is 3.10. The number of hydrogen-bond acceptors (Lipinski definition) is 3. The summed E-state index contributed by atoms with van der Waals surface area (Å²) >= 11 is 0. The smallest absolute Gasteiger partial charge is 0.239 e. The van der Waals surface area contributed by atoms with Gasteiger partial charge in [0.2, 0.25) is 5.91 Å². The fourth-order valence-electron chi connectivity index (χ4n) is 1.48. The average molecular weight is 230 g/mol. The third kappa shape index (κ3) is 4.94. The molecule has 0 heterocycles. The van der Waals surface area contributed by atoms with Crippen molar-refractivity contribution in [3.8, 4) is 0 Å². The first kappa shape index (κ1) is 15.4. The highest BCUT2D eigenvalue weighted by atomic mass is 16.5. The normalized spacial score (nSPS) is 14.9. The number of ether oxygens (including phenoxy) is 1. The molecule has 16 heavy (non-hydrogen) atoms. The zero-order valence-corrected chi connectivity index (χ0v) is 11.2. The van der Waals surface area contributed by atoms with Gasteiger partial charge in [-0.2, -0.15) is 0 Å². The van der Waals surface area contributed by atoms with Gasteiger partial charge in [-0.1, -0.05) is 13.8 Å². The molecule has 0 bridgehead atoms. The van der Waals surface area contributed by atoms with Gasteiger partial charge in [0.25, 0.3) is 0 Å². The van der Waals surface area contributed by atoms with E-state index >= 15 is 0 Å². The Hall–Kier alpha value is -0.610. The summed E-state index contributed by atoms with van der Waals surface area (Å²) in [6.45, 7) is 6.91. The summed E-state index contributed by atoms with van der Waals surface area (Å²) in [7, 11) is 3.48. The van der Waals surface area contributed by atoms with Gasteiger partial charge in [-0.3, -0.25) is 4.79 Å². The van der Waals surface area contributed by atoms with Crippen LogP contribution in [0.3, 0.4) is 0 Å². The number of nitrogens with zero attached hydrogens (tertiary/aromatic N) is 1. The van der Waals surface area contributed by atoms with E-state index in [0.29, 0.717) is 18.9 Å². The van der Waals surface area contributed by atoms with Crippen molar-refractivity contribution in [2.75, 3.05) is 20.8 Å². The van der Waals surface area contributed by atoms with Crippen LogP contribution in [0.25, 0.3) is 0 Å². The van der Waals surface area contributed by atoms with Crippen molar-refractivity contribution in [3.05, 3.63) is 0 Å². The molecule has 0 radical (unpaired) electrons. The van der Waals surface area contributed by atoms with Crippen LogP contribution in [0.2, 0.25) is 0 Å². The van der Waals surface area contributed by atoms with E-state index in [1.54, 1.807) is 12.0 Å². The van der Waals surface area contributed by atoms with Crippen LogP contribution < -0.4 is 5.73 Å². The summed E-state index contributed by atoms with van der Waals surface area (Å²) in [6, 6.07) is -0.178. The first-order valence-electron chi connectivity index (χ1n) is 5.93. The van der Waals surface area contributed by atoms with Crippen molar-refractivity contribution in [2.45, 2.75) is 45.7 Å². The molecule has 0 saturated carbocycles. The van der Waals surface area contributed by atoms with Crippen molar-refractivity contribution in [1.82, 2.24) is 4.90 Å². The van der Waals surface area contributed by atoms with Crippen LogP contribution in [0.1, 0.15) is 33.6 Å². The van der Waals surface area contributed by atoms with Gasteiger partial charge in [0.05, 0.1) is 6.04 Å². The maximum Gasteiger partial charge on any atom is 0.239 e. The molecular formula is C12H26N2O2. The van der Waals surface area contributed by atoms with E-state index in [-0.39, 0.29) is 11.9 Å². The summed E-state index contributed by atoms with van der Waals surface area (Å²) in [5.74, 6) is 0.470. The molecule has 0 fully saturated rings. The fraction of sp³-hybridized carbons (Fsp3) is 0.917. The highest BCUT2D eigenvalue weighted by Crippen LogP contribution is 2.10. The quantitative estimate of drug-likeness (QED) is 0.670. The second-order valence-corrected chi connectivity index (χ2v) is 4.68. The Kier molecular flexibility index (Phi) is 7.34. The lowest BCUT2D eigenvalue weighted by Gasteiger charge is -2.30. The molecule has 0 rings (SSSR count). The van der Waals surface area contributed by atoms with E-state index in [4.69, 9.17) is 10.5 Å². The minimum atomic E-state index is -0.402. The molecule has 0 aliphatic rings. The number of methoxy groups -OCH3 is 1. The molecule has 2 atom stereocenters. The van der Waals surface area contributed by atoms with Gasteiger partial charge in [-0.05, 0) is 25.7 Å². The lowest BCUT2D eigenvalue weighted by molar-refractivity contribution is -0.134. The molecule has 0 saturated heterocycles. The van der Waals surface area contributed by atoms with Crippen molar-refractivity contribution >= 4 is 5.91 Å². The minimum absolute atomic E-state index is 0.0253. The first-order chi connectivity index (χ1) is 7.41. The second kappa shape index (κ2) is 7.63. The number of nitrogens with two attached hydrogens (primary N) is 1. The molecule has 0 aromatic heterocycles. The van der Waals surface area contributed by atoms with Crippen LogP contribution in [0.5, 0.6) is 0 Å². The lowest BCUT2D eigenvalue weighted by atomic mass is 10.0. The largest absolute Gasteiger partial charge is 0.385 e. The fourth-order valence-corrected chi connectivity index (χ4v) is 1.48. The topological polar surface area (TPSA) is 55.6 Å². The van der Waals surface area contributed by atoms with E-state index in [2.05, 4.69) is 13.8 Å². The van der Waals surface area contributed by atoms with Crippen LogP contribution in [-0.2, 0) is 9.53 Å². The van der Waals surface area contributed by atoms with Gasteiger partial charge in [0, 0.05) is 26.8 Å². The number of likely N-dealkylation sites (N-methyl/N-ethyl adjacent to an activating group) is 1. The zero-order valence-electron chi connectivity index (χ0n) is 11.2.